The summed E-state index contributed by atoms with van der Waals surface area (Å²) in [5.41, 5.74) is 4.24. The smallest absolute Gasteiger partial charge is 0.270 e. The Kier molecular flexibility index (Phi) is 5.73. The molecule has 0 fully saturated rings. The normalized spacial score (nSPS) is 11.2. The van der Waals surface area contributed by atoms with Crippen LogP contribution in [-0.4, -0.2) is 15.7 Å². The first-order valence-corrected chi connectivity index (χ1v) is 10.4. The number of nitro groups is 1. The minimum atomic E-state index is -0.456. The first kappa shape index (κ1) is 20.6. The van der Waals surface area contributed by atoms with Gasteiger partial charge in [0.1, 0.15) is 0 Å². The summed E-state index contributed by atoms with van der Waals surface area (Å²) in [5.74, 6) is -0.211. The summed E-state index contributed by atoms with van der Waals surface area (Å²) in [4.78, 5) is 28.5. The number of carbonyl (C=O) groups excluding carboxylic acids is 1. The van der Waals surface area contributed by atoms with Gasteiger partial charge in [0.15, 0.2) is 5.78 Å². The molecule has 1 heterocycles. The third-order valence-corrected chi connectivity index (χ3v) is 5.44. The second kappa shape index (κ2) is 8.62. The van der Waals surface area contributed by atoms with Gasteiger partial charge in [-0.2, -0.15) is 0 Å². The highest BCUT2D eigenvalue weighted by atomic mass is 79.9. The number of nitro benzene ring substituents is 1. The van der Waals surface area contributed by atoms with E-state index in [4.69, 9.17) is 0 Å². The van der Waals surface area contributed by atoms with Crippen molar-refractivity contribution in [3.05, 3.63) is 110 Å². The quantitative estimate of drug-likeness (QED) is 0.139. The number of hydrogen-bond donors (Lipinski definition) is 0. The molecule has 31 heavy (non-hydrogen) atoms. The Hall–Kier alpha value is -3.64. The summed E-state index contributed by atoms with van der Waals surface area (Å²) in [6.45, 7) is 1.82. The molecule has 4 rings (SSSR count). The van der Waals surface area contributed by atoms with Crippen molar-refractivity contribution < 1.29 is 9.72 Å². The van der Waals surface area contributed by atoms with Gasteiger partial charge in [-0.05, 0) is 42.3 Å². The van der Waals surface area contributed by atoms with Crippen molar-refractivity contribution in [3.8, 4) is 11.1 Å². The molecular weight excluding hydrogens is 456 g/mol. The van der Waals surface area contributed by atoms with Crippen LogP contribution >= 0.6 is 15.9 Å². The Morgan fingerprint density at radius 2 is 1.81 bits per heavy atom. The Morgan fingerprint density at radius 3 is 2.55 bits per heavy atom. The van der Waals surface area contributed by atoms with E-state index in [0.29, 0.717) is 16.8 Å². The summed E-state index contributed by atoms with van der Waals surface area (Å²) in [6, 6.07) is 21.7. The van der Waals surface area contributed by atoms with Crippen molar-refractivity contribution in [2.75, 3.05) is 0 Å². The number of aryl methyl sites for hydroxylation is 1. The highest BCUT2D eigenvalue weighted by molar-refractivity contribution is 9.10. The SMILES string of the molecule is Cc1nc2ccc(Br)cc2c(-c2ccccc2)c1C(=O)/C=C/c1cccc([N+](=O)[O-])c1. The average Bonchev–Trinajstić information content (AvgIpc) is 2.77. The summed E-state index contributed by atoms with van der Waals surface area (Å²) in [7, 11) is 0. The van der Waals surface area contributed by atoms with Gasteiger partial charge in [-0.1, -0.05) is 64.5 Å². The number of carbonyl (C=O) groups is 1. The fourth-order valence-electron chi connectivity index (χ4n) is 3.56. The first-order chi connectivity index (χ1) is 14.9. The number of ketones is 1. The largest absolute Gasteiger partial charge is 0.289 e. The highest BCUT2D eigenvalue weighted by Gasteiger charge is 2.19. The van der Waals surface area contributed by atoms with E-state index in [-0.39, 0.29) is 11.5 Å². The van der Waals surface area contributed by atoms with Crippen LogP contribution in [0.2, 0.25) is 0 Å². The third-order valence-electron chi connectivity index (χ3n) is 4.94. The molecule has 0 aliphatic carbocycles. The predicted octanol–water partition coefficient (Wildman–Crippen LogP) is 6.78. The molecule has 0 radical (unpaired) electrons. The number of benzene rings is 3. The average molecular weight is 473 g/mol. The van der Waals surface area contributed by atoms with Crippen LogP contribution in [0.4, 0.5) is 5.69 Å². The lowest BCUT2D eigenvalue weighted by Gasteiger charge is -2.14. The number of hydrogen-bond acceptors (Lipinski definition) is 4. The lowest BCUT2D eigenvalue weighted by atomic mass is 9.92. The maximum Gasteiger partial charge on any atom is 0.270 e. The number of non-ortho nitro benzene ring substituents is 1. The molecule has 4 aromatic rings. The molecule has 0 unspecified atom stereocenters. The highest BCUT2D eigenvalue weighted by Crippen LogP contribution is 2.35. The van der Waals surface area contributed by atoms with E-state index in [1.165, 1.54) is 18.2 Å². The van der Waals surface area contributed by atoms with Gasteiger partial charge in [0.2, 0.25) is 0 Å². The summed E-state index contributed by atoms with van der Waals surface area (Å²) in [5, 5.41) is 11.9. The molecule has 152 valence electrons. The molecule has 0 bridgehead atoms. The lowest BCUT2D eigenvalue weighted by molar-refractivity contribution is -0.384. The summed E-state index contributed by atoms with van der Waals surface area (Å²) >= 11 is 3.52. The van der Waals surface area contributed by atoms with Gasteiger partial charge >= 0.3 is 0 Å². The van der Waals surface area contributed by atoms with Gasteiger partial charge in [0.05, 0.1) is 16.0 Å². The molecular formula is C25H17BrN2O3. The molecule has 0 N–H and O–H groups in total. The summed E-state index contributed by atoms with van der Waals surface area (Å²) < 4.78 is 0.897. The number of fused-ring (bicyclic) bond motifs is 1. The lowest BCUT2D eigenvalue weighted by Crippen LogP contribution is -2.05. The molecule has 0 aliphatic rings. The van der Waals surface area contributed by atoms with Crippen molar-refractivity contribution in [3.63, 3.8) is 0 Å². The van der Waals surface area contributed by atoms with Crippen LogP contribution in [0.3, 0.4) is 0 Å². The van der Waals surface area contributed by atoms with Crippen molar-refractivity contribution in [1.82, 2.24) is 4.98 Å². The predicted molar refractivity (Wildman–Crippen MR) is 126 cm³/mol. The number of nitrogens with zero attached hydrogens (tertiary/aromatic N) is 2. The van der Waals surface area contributed by atoms with E-state index in [1.807, 2.05) is 55.5 Å². The van der Waals surface area contributed by atoms with Crippen molar-refractivity contribution in [2.24, 2.45) is 0 Å². The fraction of sp³-hybridized carbons (Fsp3) is 0.0400. The molecule has 3 aromatic carbocycles. The van der Waals surface area contributed by atoms with Crippen molar-refractivity contribution >= 4 is 44.4 Å². The van der Waals surface area contributed by atoms with E-state index >= 15 is 0 Å². The zero-order valence-electron chi connectivity index (χ0n) is 16.6. The Labute approximate surface area is 187 Å². The second-order valence-electron chi connectivity index (χ2n) is 7.02. The number of halogens is 1. The van der Waals surface area contributed by atoms with Crippen LogP contribution in [0.15, 0.2) is 83.3 Å². The molecule has 0 atom stereocenters. The van der Waals surface area contributed by atoms with Gasteiger partial charge in [-0.15, -0.1) is 0 Å². The van der Waals surface area contributed by atoms with Crippen LogP contribution in [-0.2, 0) is 0 Å². The Balaban J connectivity index is 1.87. The van der Waals surface area contributed by atoms with E-state index in [9.17, 15) is 14.9 Å². The van der Waals surface area contributed by atoms with E-state index in [2.05, 4.69) is 20.9 Å². The zero-order valence-corrected chi connectivity index (χ0v) is 18.2. The molecule has 1 aromatic heterocycles. The maximum absolute atomic E-state index is 13.3. The van der Waals surface area contributed by atoms with Crippen LogP contribution in [0.5, 0.6) is 0 Å². The number of aromatic nitrogens is 1. The Morgan fingerprint density at radius 1 is 1.03 bits per heavy atom. The van der Waals surface area contributed by atoms with E-state index in [1.54, 1.807) is 18.2 Å². The van der Waals surface area contributed by atoms with Gasteiger partial charge in [0.25, 0.3) is 5.69 Å². The van der Waals surface area contributed by atoms with Gasteiger partial charge in [-0.25, -0.2) is 0 Å². The minimum absolute atomic E-state index is 0.0204. The monoisotopic (exact) mass is 472 g/mol. The molecule has 5 nitrogen and oxygen atoms in total. The topological polar surface area (TPSA) is 73.1 Å². The van der Waals surface area contributed by atoms with Crippen molar-refractivity contribution in [2.45, 2.75) is 6.92 Å². The molecule has 0 saturated heterocycles. The number of rotatable bonds is 5. The Bertz CT molecular complexity index is 1350. The molecule has 6 heteroatoms. The first-order valence-electron chi connectivity index (χ1n) is 9.56. The summed E-state index contributed by atoms with van der Waals surface area (Å²) in [6.07, 6.45) is 3.04. The van der Waals surface area contributed by atoms with Crippen LogP contribution < -0.4 is 0 Å². The zero-order chi connectivity index (χ0) is 22.0. The molecule has 0 spiro atoms. The van der Waals surface area contributed by atoms with Crippen LogP contribution in [0.25, 0.3) is 28.1 Å². The molecule has 0 amide bonds. The number of allylic oxidation sites excluding steroid dienone is 1. The third kappa shape index (κ3) is 4.29. The van der Waals surface area contributed by atoms with Crippen LogP contribution in [0, 0.1) is 17.0 Å². The molecule has 0 aliphatic heterocycles. The van der Waals surface area contributed by atoms with Crippen molar-refractivity contribution in [1.29, 1.82) is 0 Å². The van der Waals surface area contributed by atoms with E-state index in [0.717, 1.165) is 26.5 Å². The fourth-order valence-corrected chi connectivity index (χ4v) is 3.92. The van der Waals surface area contributed by atoms with Crippen LogP contribution in [0.1, 0.15) is 21.6 Å². The van der Waals surface area contributed by atoms with E-state index < -0.39 is 4.92 Å². The maximum atomic E-state index is 13.3. The van der Waals surface area contributed by atoms with Gasteiger partial charge < -0.3 is 0 Å². The second-order valence-corrected chi connectivity index (χ2v) is 7.94. The number of pyridine rings is 1. The molecule has 0 saturated carbocycles. The van der Waals surface area contributed by atoms with Gasteiger partial charge in [0, 0.05) is 33.2 Å². The minimum Gasteiger partial charge on any atom is -0.289 e. The van der Waals surface area contributed by atoms with Gasteiger partial charge in [-0.3, -0.25) is 19.9 Å². The standard InChI is InChI=1S/C25H17BrN2O3/c1-16-24(23(29)13-10-17-6-5-9-20(14-17)28(30)31)25(18-7-3-2-4-8-18)21-15-19(26)11-12-22(21)27-16/h2-15H,1H3/b13-10+.